The first-order valence-electron chi connectivity index (χ1n) is 6.11. The predicted octanol–water partition coefficient (Wildman–Crippen LogP) is 1.62. The van der Waals surface area contributed by atoms with Gasteiger partial charge in [-0.25, -0.2) is 4.79 Å². The Morgan fingerprint density at radius 1 is 1.31 bits per heavy atom. The maximum atomic E-state index is 11.4. The molecule has 0 radical (unpaired) electrons. The van der Waals surface area contributed by atoms with Crippen molar-refractivity contribution in [2.24, 2.45) is 5.73 Å². The van der Waals surface area contributed by atoms with E-state index in [9.17, 15) is 4.79 Å². The van der Waals surface area contributed by atoms with Crippen LogP contribution in [0.25, 0.3) is 0 Å². The molecule has 0 atom stereocenters. The summed E-state index contributed by atoms with van der Waals surface area (Å²) in [6.07, 6.45) is 5.34. The van der Waals surface area contributed by atoms with Crippen LogP contribution in [0.3, 0.4) is 0 Å². The average Bonchev–Trinajstić information content (AvgIpc) is 2.27. The van der Waals surface area contributed by atoms with Crippen LogP contribution in [0.1, 0.15) is 46.0 Å². The molecule has 1 aliphatic rings. The first-order chi connectivity index (χ1) is 7.58. The Bertz CT molecular complexity index is 222. The highest BCUT2D eigenvalue weighted by Gasteiger charge is 2.32. The first kappa shape index (κ1) is 13.5. The second-order valence-corrected chi connectivity index (χ2v) is 4.78. The Balaban J connectivity index is 2.35. The fraction of sp³-hybridized carbons (Fsp3) is 0.917. The van der Waals surface area contributed by atoms with E-state index in [0.717, 1.165) is 25.7 Å². The average molecular weight is 229 g/mol. The molecule has 0 amide bonds. The molecule has 94 valence electrons. The van der Waals surface area contributed by atoms with Crippen molar-refractivity contribution in [2.75, 3.05) is 13.2 Å². The van der Waals surface area contributed by atoms with Crippen LogP contribution in [-0.4, -0.2) is 30.8 Å². The number of nitrogens with two attached hydrogens (primary N) is 1. The van der Waals surface area contributed by atoms with Crippen molar-refractivity contribution in [1.82, 2.24) is 0 Å². The van der Waals surface area contributed by atoms with Gasteiger partial charge in [-0.2, -0.15) is 0 Å². The maximum Gasteiger partial charge on any atom is 0.332 e. The van der Waals surface area contributed by atoms with Gasteiger partial charge < -0.3 is 15.2 Å². The molecule has 4 heteroatoms. The number of ether oxygens (including phenoxy) is 2. The smallest absolute Gasteiger partial charge is 0.332 e. The van der Waals surface area contributed by atoms with E-state index in [1.807, 2.05) is 13.8 Å². The van der Waals surface area contributed by atoms with Gasteiger partial charge in [0.15, 0.2) is 0 Å². The second kappa shape index (κ2) is 6.21. The van der Waals surface area contributed by atoms with Gasteiger partial charge >= 0.3 is 5.97 Å². The molecule has 0 aromatic heterocycles. The molecule has 0 aromatic rings. The third kappa shape index (κ3) is 4.10. The van der Waals surface area contributed by atoms with Crippen molar-refractivity contribution in [3.63, 3.8) is 0 Å². The minimum absolute atomic E-state index is 0.0232. The molecule has 0 unspecified atom stereocenters. The van der Waals surface area contributed by atoms with E-state index < -0.39 is 0 Å². The van der Waals surface area contributed by atoms with Crippen molar-refractivity contribution in [1.29, 1.82) is 0 Å². The molecule has 0 heterocycles. The quantitative estimate of drug-likeness (QED) is 0.728. The highest BCUT2D eigenvalue weighted by molar-refractivity contribution is 5.70. The molecule has 1 fully saturated rings. The molecule has 0 aliphatic heterocycles. The standard InChI is InChI=1S/C12H23NO3/c1-10(2)16-11(14)8-15-12(9-13)6-4-3-5-7-12/h10H,3-9,13H2,1-2H3. The molecule has 0 spiro atoms. The highest BCUT2D eigenvalue weighted by atomic mass is 16.6. The van der Waals surface area contributed by atoms with Crippen LogP contribution in [0.4, 0.5) is 0 Å². The zero-order valence-electron chi connectivity index (χ0n) is 10.3. The number of rotatable bonds is 5. The number of carbonyl (C=O) groups is 1. The van der Waals surface area contributed by atoms with Crippen LogP contribution in [0.2, 0.25) is 0 Å². The normalized spacial score (nSPS) is 19.8. The zero-order chi connectivity index (χ0) is 12.0. The van der Waals surface area contributed by atoms with Crippen LogP contribution in [0.15, 0.2) is 0 Å². The fourth-order valence-corrected chi connectivity index (χ4v) is 2.11. The monoisotopic (exact) mass is 229 g/mol. The van der Waals surface area contributed by atoms with E-state index in [1.54, 1.807) is 0 Å². The Morgan fingerprint density at radius 2 is 1.94 bits per heavy atom. The third-order valence-electron chi connectivity index (χ3n) is 3.00. The summed E-state index contributed by atoms with van der Waals surface area (Å²) in [6, 6.07) is 0. The minimum Gasteiger partial charge on any atom is -0.461 e. The molecule has 1 rings (SSSR count). The van der Waals surface area contributed by atoms with Crippen molar-refractivity contribution in [2.45, 2.75) is 57.7 Å². The predicted molar refractivity (Wildman–Crippen MR) is 62.1 cm³/mol. The Kier molecular flexibility index (Phi) is 5.22. The lowest BCUT2D eigenvalue weighted by atomic mass is 9.85. The SMILES string of the molecule is CC(C)OC(=O)COC1(CN)CCCCC1. The Hall–Kier alpha value is -0.610. The molecule has 4 nitrogen and oxygen atoms in total. The second-order valence-electron chi connectivity index (χ2n) is 4.78. The number of carbonyl (C=O) groups excluding carboxylic acids is 1. The highest BCUT2D eigenvalue weighted by Crippen LogP contribution is 2.30. The van der Waals surface area contributed by atoms with Gasteiger partial charge in [-0.3, -0.25) is 0 Å². The van der Waals surface area contributed by atoms with Gasteiger partial charge in [-0.05, 0) is 26.7 Å². The van der Waals surface area contributed by atoms with Gasteiger partial charge in [0.1, 0.15) is 6.61 Å². The summed E-state index contributed by atoms with van der Waals surface area (Å²) in [5.74, 6) is -0.298. The topological polar surface area (TPSA) is 61.5 Å². The zero-order valence-corrected chi connectivity index (χ0v) is 10.3. The molecule has 2 N–H and O–H groups in total. The van der Waals surface area contributed by atoms with E-state index in [4.69, 9.17) is 15.2 Å². The van der Waals surface area contributed by atoms with E-state index in [0.29, 0.717) is 6.54 Å². The summed E-state index contributed by atoms with van der Waals surface area (Å²) in [7, 11) is 0. The Labute approximate surface area is 97.5 Å². The Morgan fingerprint density at radius 3 is 2.44 bits per heavy atom. The van der Waals surface area contributed by atoms with E-state index >= 15 is 0 Å². The lowest BCUT2D eigenvalue weighted by molar-refractivity contribution is -0.161. The molecular formula is C12H23NO3. The summed E-state index contributed by atoms with van der Waals surface area (Å²) < 4.78 is 10.7. The largest absolute Gasteiger partial charge is 0.461 e. The lowest BCUT2D eigenvalue weighted by Crippen LogP contribution is -2.44. The van der Waals surface area contributed by atoms with Crippen molar-refractivity contribution in [3.05, 3.63) is 0 Å². The number of hydrogen-bond acceptors (Lipinski definition) is 4. The number of esters is 1. The van der Waals surface area contributed by atoms with Crippen molar-refractivity contribution in [3.8, 4) is 0 Å². The van der Waals surface area contributed by atoms with Gasteiger partial charge in [0.05, 0.1) is 11.7 Å². The van der Waals surface area contributed by atoms with Gasteiger partial charge in [0, 0.05) is 6.54 Å². The van der Waals surface area contributed by atoms with Crippen molar-refractivity contribution >= 4 is 5.97 Å². The van der Waals surface area contributed by atoms with Gasteiger partial charge in [0.25, 0.3) is 0 Å². The minimum atomic E-state index is -0.298. The van der Waals surface area contributed by atoms with Crippen molar-refractivity contribution < 1.29 is 14.3 Å². The van der Waals surface area contributed by atoms with Crippen LogP contribution in [-0.2, 0) is 14.3 Å². The molecule has 0 saturated heterocycles. The lowest BCUT2D eigenvalue weighted by Gasteiger charge is -2.35. The molecular weight excluding hydrogens is 206 g/mol. The summed E-state index contributed by atoms with van der Waals surface area (Å²) in [4.78, 5) is 11.4. The molecule has 1 aliphatic carbocycles. The fourth-order valence-electron chi connectivity index (χ4n) is 2.11. The summed E-state index contributed by atoms with van der Waals surface area (Å²) >= 11 is 0. The molecule has 0 aromatic carbocycles. The van der Waals surface area contributed by atoms with E-state index in [1.165, 1.54) is 6.42 Å². The maximum absolute atomic E-state index is 11.4. The summed E-state index contributed by atoms with van der Waals surface area (Å²) in [6.45, 7) is 4.17. The summed E-state index contributed by atoms with van der Waals surface area (Å²) in [5, 5.41) is 0. The van der Waals surface area contributed by atoms with Gasteiger partial charge in [-0.1, -0.05) is 19.3 Å². The van der Waals surface area contributed by atoms with Crippen LogP contribution < -0.4 is 5.73 Å². The van der Waals surface area contributed by atoms with E-state index in [2.05, 4.69) is 0 Å². The van der Waals surface area contributed by atoms with Gasteiger partial charge in [0.2, 0.25) is 0 Å². The summed E-state index contributed by atoms with van der Waals surface area (Å²) in [5.41, 5.74) is 5.47. The molecule has 1 saturated carbocycles. The third-order valence-corrected chi connectivity index (χ3v) is 3.00. The first-order valence-corrected chi connectivity index (χ1v) is 6.11. The molecule has 0 bridgehead atoms. The van der Waals surface area contributed by atoms with E-state index in [-0.39, 0.29) is 24.3 Å². The van der Waals surface area contributed by atoms with Crippen LogP contribution in [0, 0.1) is 0 Å². The van der Waals surface area contributed by atoms with Crippen LogP contribution in [0.5, 0.6) is 0 Å². The molecule has 16 heavy (non-hydrogen) atoms. The van der Waals surface area contributed by atoms with Gasteiger partial charge in [-0.15, -0.1) is 0 Å². The van der Waals surface area contributed by atoms with Crippen LogP contribution >= 0.6 is 0 Å². The number of hydrogen-bond donors (Lipinski definition) is 1.